The van der Waals surface area contributed by atoms with Crippen LogP contribution in [-0.4, -0.2) is 85.0 Å². The van der Waals surface area contributed by atoms with Gasteiger partial charge in [0, 0.05) is 29.3 Å². The lowest BCUT2D eigenvalue weighted by atomic mass is 9.85. The van der Waals surface area contributed by atoms with Crippen LogP contribution in [0.2, 0.25) is 0 Å². The number of hydrogen-bond donors (Lipinski definition) is 6. The summed E-state index contributed by atoms with van der Waals surface area (Å²) in [6.45, 7) is 5.56. The first-order valence-electron chi connectivity index (χ1n) is 15.1. The summed E-state index contributed by atoms with van der Waals surface area (Å²) in [6.07, 6.45) is 11.5. The number of carboxylic acid groups (broad SMARTS) is 1. The number of esters is 1. The van der Waals surface area contributed by atoms with E-state index >= 15 is 0 Å². The number of amides is 1. The average molecular weight is 778 g/mol. The zero-order valence-electron chi connectivity index (χ0n) is 26.3. The van der Waals surface area contributed by atoms with Gasteiger partial charge in [-0.3, -0.25) is 4.79 Å². The van der Waals surface area contributed by atoms with Gasteiger partial charge in [-0.05, 0) is 38.7 Å². The number of hydrogen-bond acceptors (Lipinski definition) is 9. The number of nitrogens with two attached hydrogens (primary N) is 1. The maximum atomic E-state index is 12.1. The molecule has 1 amide bonds. The number of carboxylic acids is 1. The third kappa shape index (κ3) is 16.3. The van der Waals surface area contributed by atoms with Crippen molar-refractivity contribution in [1.82, 2.24) is 0 Å². The molecule has 1 aliphatic carbocycles. The largest absolute Gasteiger partial charge is 0.481 e. The van der Waals surface area contributed by atoms with Crippen LogP contribution in [0.5, 0.6) is 0 Å². The van der Waals surface area contributed by atoms with E-state index in [1.165, 1.54) is 12.2 Å². The summed E-state index contributed by atoms with van der Waals surface area (Å²) in [6, 6.07) is 0. The standard InChI is InChI=1S/C33H47Br2NO10/c1-4-5-13-28(46-33(36)44)31(35)27(40)19-23(37)18-26(39)21(3)24(34)12-8-6-10-20(2)11-7-9-14-30(41)45-29-17-22(32(42)43)15-16-25(29)38/h5-14,21-23,25-29,31,37-40H,4,15-19H2,1-3H3,(H2,36,44)(H,42,43)/b8-6+,11-7+,13-5+,14-9+,20-10+,24-12-/t21-,22+,23?,25+,26+,27-,28-,29-,31+/m1/s1. The van der Waals surface area contributed by atoms with Crippen LogP contribution in [0.15, 0.2) is 70.8 Å². The maximum absolute atomic E-state index is 12.1. The van der Waals surface area contributed by atoms with Crippen LogP contribution in [0.1, 0.15) is 59.3 Å². The van der Waals surface area contributed by atoms with Gasteiger partial charge >= 0.3 is 18.0 Å². The molecule has 46 heavy (non-hydrogen) atoms. The van der Waals surface area contributed by atoms with Crippen molar-refractivity contribution in [2.24, 2.45) is 17.6 Å². The van der Waals surface area contributed by atoms with Gasteiger partial charge in [0.2, 0.25) is 0 Å². The van der Waals surface area contributed by atoms with E-state index in [-0.39, 0.29) is 31.6 Å². The lowest BCUT2D eigenvalue weighted by Gasteiger charge is -2.30. The lowest BCUT2D eigenvalue weighted by molar-refractivity contribution is -0.159. The molecular formula is C33H47Br2NO10. The molecule has 258 valence electrons. The van der Waals surface area contributed by atoms with Gasteiger partial charge in [0.25, 0.3) is 0 Å². The first-order chi connectivity index (χ1) is 21.7. The summed E-state index contributed by atoms with van der Waals surface area (Å²) < 4.78 is 11.0. The number of aliphatic carboxylic acids is 1. The SMILES string of the molecule is CC/C=C/[C@@H](OC(N)=O)[C@@H](Br)[C@H](O)CC(O)C[C@H](O)[C@H](C)/C(Br)=C/C=C/C=C(C)/C=C/C=C/C(=O)O[C@@H]1C[C@@H](C(=O)O)CC[C@@H]1O. The van der Waals surface area contributed by atoms with Gasteiger partial charge in [-0.15, -0.1) is 0 Å². The number of primary amides is 1. The van der Waals surface area contributed by atoms with Crippen LogP contribution < -0.4 is 5.73 Å². The van der Waals surface area contributed by atoms with E-state index in [9.17, 15) is 34.8 Å². The van der Waals surface area contributed by atoms with E-state index in [1.54, 1.807) is 49.5 Å². The molecule has 0 aliphatic heterocycles. The van der Waals surface area contributed by atoms with Crippen LogP contribution in [0.25, 0.3) is 0 Å². The Kier molecular flexibility index (Phi) is 19.9. The number of rotatable bonds is 18. The second-order valence-corrected chi connectivity index (χ2v) is 13.2. The molecule has 0 heterocycles. The molecule has 0 aromatic heterocycles. The summed E-state index contributed by atoms with van der Waals surface area (Å²) >= 11 is 6.79. The minimum Gasteiger partial charge on any atom is -0.481 e. The fraction of sp³-hybridized carbons (Fsp3) is 0.545. The predicted octanol–water partition coefficient (Wildman–Crippen LogP) is 4.73. The Morgan fingerprint density at radius 1 is 1.00 bits per heavy atom. The number of ether oxygens (including phenoxy) is 2. The number of allylic oxidation sites excluding steroid dienone is 9. The van der Waals surface area contributed by atoms with Crippen molar-refractivity contribution in [2.75, 3.05) is 0 Å². The van der Waals surface area contributed by atoms with E-state index in [0.29, 0.717) is 17.3 Å². The Labute approximate surface area is 287 Å². The predicted molar refractivity (Wildman–Crippen MR) is 182 cm³/mol. The molecule has 1 saturated carbocycles. The molecule has 1 aliphatic rings. The van der Waals surface area contributed by atoms with E-state index in [0.717, 1.165) is 5.57 Å². The van der Waals surface area contributed by atoms with Crippen molar-refractivity contribution in [3.8, 4) is 0 Å². The second kappa shape index (κ2) is 22.1. The van der Waals surface area contributed by atoms with E-state index in [1.807, 2.05) is 19.9 Å². The highest BCUT2D eigenvalue weighted by Crippen LogP contribution is 2.28. The summed E-state index contributed by atoms with van der Waals surface area (Å²) in [4.78, 5) is 33.8. The van der Waals surface area contributed by atoms with E-state index < -0.39 is 65.4 Å². The van der Waals surface area contributed by atoms with Gasteiger partial charge in [0.05, 0.1) is 35.2 Å². The molecular weight excluding hydrogens is 730 g/mol. The number of alkyl halides is 1. The van der Waals surface area contributed by atoms with Crippen LogP contribution in [-0.2, 0) is 19.1 Å². The van der Waals surface area contributed by atoms with Crippen LogP contribution in [0.4, 0.5) is 4.79 Å². The van der Waals surface area contributed by atoms with Gasteiger partial charge in [0.15, 0.2) is 0 Å². The molecule has 9 atom stereocenters. The molecule has 0 radical (unpaired) electrons. The van der Waals surface area contributed by atoms with E-state index in [2.05, 4.69) is 31.9 Å². The minimum absolute atomic E-state index is 0.00566. The average Bonchev–Trinajstić information content (AvgIpc) is 2.99. The minimum atomic E-state index is -1.08. The molecule has 1 unspecified atom stereocenters. The number of carbonyl (C=O) groups excluding carboxylic acids is 2. The zero-order valence-corrected chi connectivity index (χ0v) is 29.5. The third-order valence-electron chi connectivity index (χ3n) is 7.34. The molecule has 13 heteroatoms. The highest BCUT2D eigenvalue weighted by Gasteiger charge is 2.35. The Morgan fingerprint density at radius 2 is 1.63 bits per heavy atom. The van der Waals surface area contributed by atoms with Crippen molar-refractivity contribution in [2.45, 2.75) is 101 Å². The molecule has 0 aromatic rings. The van der Waals surface area contributed by atoms with Crippen molar-refractivity contribution in [1.29, 1.82) is 0 Å². The Morgan fingerprint density at radius 3 is 2.26 bits per heavy atom. The molecule has 7 N–H and O–H groups in total. The number of carbonyl (C=O) groups is 3. The quantitative estimate of drug-likeness (QED) is 0.0372. The highest BCUT2D eigenvalue weighted by molar-refractivity contribution is 9.11. The first-order valence-corrected chi connectivity index (χ1v) is 16.8. The number of halogens is 2. The van der Waals surface area contributed by atoms with Crippen LogP contribution in [0.3, 0.4) is 0 Å². The highest BCUT2D eigenvalue weighted by atomic mass is 79.9. The topological polar surface area (TPSA) is 197 Å². The summed E-state index contributed by atoms with van der Waals surface area (Å²) in [5.74, 6) is -2.61. The van der Waals surface area contributed by atoms with Gasteiger partial charge in [-0.2, -0.15) is 0 Å². The Bertz CT molecular complexity index is 1170. The Hall–Kier alpha value is -2.55. The fourth-order valence-corrected chi connectivity index (χ4v) is 5.52. The Balaban J connectivity index is 2.58. The molecule has 0 aromatic carbocycles. The van der Waals surface area contributed by atoms with Crippen LogP contribution >= 0.6 is 31.9 Å². The maximum Gasteiger partial charge on any atom is 0.405 e. The van der Waals surface area contributed by atoms with Crippen LogP contribution in [0, 0.1) is 11.8 Å². The summed E-state index contributed by atoms with van der Waals surface area (Å²) in [5, 5.41) is 50.9. The van der Waals surface area contributed by atoms with Crippen molar-refractivity contribution >= 4 is 49.9 Å². The molecule has 1 fully saturated rings. The van der Waals surface area contributed by atoms with Crippen molar-refractivity contribution in [3.63, 3.8) is 0 Å². The van der Waals surface area contributed by atoms with Crippen molar-refractivity contribution < 1.29 is 49.4 Å². The molecule has 0 bridgehead atoms. The summed E-state index contributed by atoms with van der Waals surface area (Å²) in [7, 11) is 0. The second-order valence-electron chi connectivity index (χ2n) is 11.2. The van der Waals surface area contributed by atoms with Gasteiger partial charge in [-0.25, -0.2) is 9.59 Å². The van der Waals surface area contributed by atoms with Gasteiger partial charge < -0.3 is 40.7 Å². The van der Waals surface area contributed by atoms with Crippen molar-refractivity contribution in [3.05, 3.63) is 70.8 Å². The molecule has 11 nitrogen and oxygen atoms in total. The molecule has 1 rings (SSSR count). The number of aliphatic hydroxyl groups is 4. The smallest absolute Gasteiger partial charge is 0.405 e. The monoisotopic (exact) mass is 775 g/mol. The third-order valence-corrected chi connectivity index (χ3v) is 9.45. The summed E-state index contributed by atoms with van der Waals surface area (Å²) in [5.41, 5.74) is 6.00. The molecule has 0 spiro atoms. The normalized spacial score (nSPS) is 23.8. The van der Waals surface area contributed by atoms with Gasteiger partial charge in [-0.1, -0.05) is 99.9 Å². The molecule has 0 saturated heterocycles. The zero-order chi connectivity index (χ0) is 34.8. The van der Waals surface area contributed by atoms with Gasteiger partial charge in [0.1, 0.15) is 12.2 Å². The van der Waals surface area contributed by atoms with E-state index in [4.69, 9.17) is 20.3 Å². The lowest BCUT2D eigenvalue weighted by Crippen LogP contribution is -2.39. The number of aliphatic hydroxyl groups excluding tert-OH is 4. The fourth-order valence-electron chi connectivity index (χ4n) is 4.56. The first kappa shape index (κ1) is 41.5.